The first-order chi connectivity index (χ1) is 11.2. The van der Waals surface area contributed by atoms with Crippen molar-refractivity contribution < 1.29 is 14.2 Å². The fourth-order valence-electron chi connectivity index (χ4n) is 2.79. The molecule has 0 unspecified atom stereocenters. The second-order valence-electron chi connectivity index (χ2n) is 5.88. The van der Waals surface area contributed by atoms with Crippen LogP contribution in [0.1, 0.15) is 21.8 Å². The van der Waals surface area contributed by atoms with Gasteiger partial charge in [-0.1, -0.05) is 41.6 Å². The summed E-state index contributed by atoms with van der Waals surface area (Å²) in [5.41, 5.74) is 1.64. The number of amides is 1. The number of aryl methyl sites for hydroxylation is 1. The molecule has 0 saturated carbocycles. The van der Waals surface area contributed by atoms with E-state index in [1.165, 1.54) is 10.5 Å². The Morgan fingerprint density at radius 2 is 2.04 bits per heavy atom. The normalized spacial score (nSPS) is 16.1. The van der Waals surface area contributed by atoms with E-state index in [-0.39, 0.29) is 5.91 Å². The average Bonchev–Trinajstić information content (AvgIpc) is 3.02. The molecule has 1 fully saturated rings. The highest BCUT2D eigenvalue weighted by molar-refractivity contribution is 5.92. The molecule has 1 amide bonds. The van der Waals surface area contributed by atoms with Crippen molar-refractivity contribution in [3.63, 3.8) is 0 Å². The van der Waals surface area contributed by atoms with Gasteiger partial charge in [0.1, 0.15) is 5.76 Å². The third-order valence-electron chi connectivity index (χ3n) is 4.12. The van der Waals surface area contributed by atoms with Gasteiger partial charge in [-0.2, -0.15) is 0 Å². The first-order valence-electron chi connectivity index (χ1n) is 8.00. The van der Waals surface area contributed by atoms with E-state index in [1.807, 2.05) is 23.1 Å². The molecular weight excluding hydrogens is 290 g/mol. The van der Waals surface area contributed by atoms with Gasteiger partial charge in [-0.15, -0.1) is 0 Å². The minimum atomic E-state index is -0.0271. The zero-order valence-electron chi connectivity index (χ0n) is 13.4. The predicted octanol–water partition coefficient (Wildman–Crippen LogP) is 1.04. The van der Waals surface area contributed by atoms with Crippen molar-refractivity contribution in [1.82, 2.24) is 10.1 Å². The maximum absolute atomic E-state index is 12.3. The average molecular weight is 312 g/mol. The fourth-order valence-corrected chi connectivity index (χ4v) is 2.79. The number of hydrogen-bond donors (Lipinski definition) is 1. The van der Waals surface area contributed by atoms with Gasteiger partial charge in [0.25, 0.3) is 5.91 Å². The fraction of sp³-hybridized carbons (Fsp3) is 0.333. The van der Waals surface area contributed by atoms with Crippen LogP contribution in [-0.4, -0.2) is 48.7 Å². The van der Waals surface area contributed by atoms with Gasteiger partial charge in [0.2, 0.25) is 0 Å². The Bertz CT molecular complexity index is 671. The van der Waals surface area contributed by atoms with Crippen LogP contribution in [0.3, 0.4) is 0 Å². The highest BCUT2D eigenvalue weighted by Crippen LogP contribution is 2.06. The molecule has 0 spiro atoms. The minimum absolute atomic E-state index is 0.0271. The van der Waals surface area contributed by atoms with E-state index in [0.717, 1.165) is 32.7 Å². The van der Waals surface area contributed by atoms with Gasteiger partial charge >= 0.3 is 0 Å². The summed E-state index contributed by atoms with van der Waals surface area (Å²) in [6, 6.07) is 12.0. The van der Waals surface area contributed by atoms with E-state index in [4.69, 9.17) is 4.52 Å². The van der Waals surface area contributed by atoms with Crippen molar-refractivity contribution in [3.8, 4) is 0 Å². The molecule has 1 N–H and O–H groups in total. The van der Waals surface area contributed by atoms with Gasteiger partial charge in [0.05, 0.1) is 32.7 Å². The Balaban J connectivity index is 1.47. The van der Waals surface area contributed by atoms with Crippen molar-refractivity contribution in [2.24, 2.45) is 0 Å². The number of piperazine rings is 1. The Kier molecular flexibility index (Phi) is 4.88. The molecule has 5 heteroatoms. The molecule has 1 aromatic heterocycles. The zero-order valence-corrected chi connectivity index (χ0v) is 13.4. The number of carbonyl (C=O) groups excluding carboxylic acids is 1. The Labute approximate surface area is 136 Å². The number of aromatic nitrogens is 1. The lowest BCUT2D eigenvalue weighted by Crippen LogP contribution is -3.14. The molecule has 0 radical (unpaired) electrons. The van der Waals surface area contributed by atoms with Crippen molar-refractivity contribution in [1.29, 1.82) is 0 Å². The summed E-state index contributed by atoms with van der Waals surface area (Å²) >= 11 is 0. The number of carbonyl (C=O) groups is 1. The number of nitrogens with one attached hydrogen (secondary N) is 1. The summed E-state index contributed by atoms with van der Waals surface area (Å²) in [6.07, 6.45) is 4.37. The summed E-state index contributed by atoms with van der Waals surface area (Å²) in [7, 11) is 0. The standard InChI is InChI=1S/C18H21N3O2/c1-15-14-17(19-23-15)18(22)21-12-10-20(11-13-21)9-5-8-16-6-3-2-4-7-16/h2-8,14H,9-13H2,1H3/p+1/b8-5+. The van der Waals surface area contributed by atoms with Crippen LogP contribution in [-0.2, 0) is 0 Å². The summed E-state index contributed by atoms with van der Waals surface area (Å²) in [5.74, 6) is 0.643. The van der Waals surface area contributed by atoms with Gasteiger partial charge < -0.3 is 14.3 Å². The van der Waals surface area contributed by atoms with Crippen LogP contribution < -0.4 is 4.90 Å². The first kappa shape index (κ1) is 15.5. The lowest BCUT2D eigenvalue weighted by atomic mass is 10.2. The molecule has 1 aliphatic heterocycles. The van der Waals surface area contributed by atoms with Gasteiger partial charge in [0, 0.05) is 6.07 Å². The van der Waals surface area contributed by atoms with Gasteiger partial charge in [-0.05, 0) is 18.6 Å². The van der Waals surface area contributed by atoms with E-state index >= 15 is 0 Å². The molecule has 0 atom stereocenters. The molecule has 0 bridgehead atoms. The Hall–Kier alpha value is -2.40. The number of hydrogen-bond acceptors (Lipinski definition) is 3. The quantitative estimate of drug-likeness (QED) is 0.918. The SMILES string of the molecule is Cc1cc(C(=O)N2CC[NH+](C/C=C/c3ccccc3)CC2)no1. The van der Waals surface area contributed by atoms with Crippen LogP contribution in [0.25, 0.3) is 6.08 Å². The predicted molar refractivity (Wildman–Crippen MR) is 88.2 cm³/mol. The molecule has 1 saturated heterocycles. The van der Waals surface area contributed by atoms with Crippen molar-refractivity contribution in [3.05, 3.63) is 59.5 Å². The van der Waals surface area contributed by atoms with E-state index in [0.29, 0.717) is 11.5 Å². The molecule has 2 heterocycles. The first-order valence-corrected chi connectivity index (χ1v) is 8.00. The molecule has 3 rings (SSSR count). The molecule has 2 aromatic rings. The van der Waals surface area contributed by atoms with Crippen molar-refractivity contribution in [2.45, 2.75) is 6.92 Å². The minimum Gasteiger partial charge on any atom is -0.361 e. The van der Waals surface area contributed by atoms with Crippen LogP contribution in [0.2, 0.25) is 0 Å². The highest BCUT2D eigenvalue weighted by atomic mass is 16.5. The van der Waals surface area contributed by atoms with Crippen LogP contribution in [0.4, 0.5) is 0 Å². The maximum atomic E-state index is 12.3. The van der Waals surface area contributed by atoms with Gasteiger partial charge in [0.15, 0.2) is 5.69 Å². The zero-order chi connectivity index (χ0) is 16.1. The highest BCUT2D eigenvalue weighted by Gasteiger charge is 2.25. The topological polar surface area (TPSA) is 50.8 Å². The van der Waals surface area contributed by atoms with Crippen LogP contribution >= 0.6 is 0 Å². The summed E-state index contributed by atoms with van der Waals surface area (Å²) in [5, 5.41) is 3.81. The molecule has 1 aliphatic rings. The maximum Gasteiger partial charge on any atom is 0.276 e. The summed E-state index contributed by atoms with van der Waals surface area (Å²) in [4.78, 5) is 15.7. The Morgan fingerprint density at radius 1 is 1.30 bits per heavy atom. The second-order valence-corrected chi connectivity index (χ2v) is 5.88. The van der Waals surface area contributed by atoms with E-state index in [9.17, 15) is 4.79 Å². The van der Waals surface area contributed by atoms with E-state index < -0.39 is 0 Å². The third-order valence-corrected chi connectivity index (χ3v) is 4.12. The lowest BCUT2D eigenvalue weighted by molar-refractivity contribution is -0.898. The molecule has 23 heavy (non-hydrogen) atoms. The molecule has 120 valence electrons. The largest absolute Gasteiger partial charge is 0.361 e. The monoisotopic (exact) mass is 312 g/mol. The lowest BCUT2D eigenvalue weighted by Gasteiger charge is -2.31. The van der Waals surface area contributed by atoms with Gasteiger partial charge in [-0.25, -0.2) is 0 Å². The number of rotatable bonds is 4. The number of quaternary nitrogens is 1. The molecule has 1 aromatic carbocycles. The van der Waals surface area contributed by atoms with Crippen LogP contribution in [0.15, 0.2) is 47.0 Å². The van der Waals surface area contributed by atoms with E-state index in [1.54, 1.807) is 13.0 Å². The van der Waals surface area contributed by atoms with E-state index in [2.05, 4.69) is 29.4 Å². The molecular formula is C18H22N3O2+. The van der Waals surface area contributed by atoms with Crippen molar-refractivity contribution in [2.75, 3.05) is 32.7 Å². The summed E-state index contributed by atoms with van der Waals surface area (Å²) < 4.78 is 4.98. The van der Waals surface area contributed by atoms with Crippen LogP contribution in [0.5, 0.6) is 0 Å². The van der Waals surface area contributed by atoms with Crippen LogP contribution in [0, 0.1) is 6.92 Å². The molecule has 0 aliphatic carbocycles. The Morgan fingerprint density at radius 3 is 2.70 bits per heavy atom. The number of nitrogens with zero attached hydrogens (tertiary/aromatic N) is 2. The molecule has 5 nitrogen and oxygen atoms in total. The smallest absolute Gasteiger partial charge is 0.276 e. The van der Waals surface area contributed by atoms with Crippen molar-refractivity contribution >= 4 is 12.0 Å². The second kappa shape index (κ2) is 7.24. The number of benzene rings is 1. The van der Waals surface area contributed by atoms with Gasteiger partial charge in [-0.3, -0.25) is 4.79 Å². The summed E-state index contributed by atoms with van der Waals surface area (Å²) in [6.45, 7) is 6.23. The third kappa shape index (κ3) is 4.07.